The van der Waals surface area contributed by atoms with Gasteiger partial charge < -0.3 is 9.47 Å². The van der Waals surface area contributed by atoms with Crippen LogP contribution >= 0.6 is 45.2 Å². The zero-order valence-electron chi connectivity index (χ0n) is 14.9. The summed E-state index contributed by atoms with van der Waals surface area (Å²) < 4.78 is 12.7. The van der Waals surface area contributed by atoms with Gasteiger partial charge in [0, 0.05) is 17.2 Å². The SMILES string of the molecule is CCOc1c(I)cc(/C=C2\N=C(c3cccc([N+](=O)[O-])c3C)OC2=O)cc1I. The lowest BCUT2D eigenvalue weighted by Gasteiger charge is -2.09. The Morgan fingerprint density at radius 1 is 1.29 bits per heavy atom. The van der Waals surface area contributed by atoms with E-state index in [9.17, 15) is 14.9 Å². The third-order valence-electron chi connectivity index (χ3n) is 3.97. The average Bonchev–Trinajstić information content (AvgIpc) is 2.98. The van der Waals surface area contributed by atoms with Crippen molar-refractivity contribution in [3.05, 3.63) is 70.0 Å². The number of hydrogen-bond acceptors (Lipinski definition) is 6. The van der Waals surface area contributed by atoms with E-state index in [2.05, 4.69) is 50.2 Å². The van der Waals surface area contributed by atoms with Gasteiger partial charge in [-0.1, -0.05) is 6.07 Å². The van der Waals surface area contributed by atoms with Crippen LogP contribution in [0.5, 0.6) is 5.75 Å². The molecule has 144 valence electrons. The van der Waals surface area contributed by atoms with Gasteiger partial charge in [0.15, 0.2) is 5.70 Å². The first-order valence-electron chi connectivity index (χ1n) is 8.20. The number of halogens is 2. The summed E-state index contributed by atoms with van der Waals surface area (Å²) in [5.41, 5.74) is 1.68. The number of hydrogen-bond donors (Lipinski definition) is 0. The number of aliphatic imine (C=N–C) groups is 1. The second-order valence-corrected chi connectivity index (χ2v) is 8.11. The molecule has 0 amide bonds. The third-order valence-corrected chi connectivity index (χ3v) is 5.57. The maximum Gasteiger partial charge on any atom is 0.363 e. The second-order valence-electron chi connectivity index (χ2n) is 5.79. The molecule has 28 heavy (non-hydrogen) atoms. The summed E-state index contributed by atoms with van der Waals surface area (Å²) in [6.45, 7) is 4.08. The summed E-state index contributed by atoms with van der Waals surface area (Å²) in [6.07, 6.45) is 1.63. The van der Waals surface area contributed by atoms with E-state index in [1.165, 1.54) is 12.1 Å². The van der Waals surface area contributed by atoms with Crippen molar-refractivity contribution < 1.29 is 19.2 Å². The number of rotatable bonds is 5. The molecule has 3 rings (SSSR count). The van der Waals surface area contributed by atoms with Crippen LogP contribution in [0.25, 0.3) is 6.08 Å². The Hall–Kier alpha value is -2.02. The van der Waals surface area contributed by atoms with E-state index < -0.39 is 10.9 Å². The summed E-state index contributed by atoms with van der Waals surface area (Å²) in [7, 11) is 0. The van der Waals surface area contributed by atoms with Crippen LogP contribution in [0.15, 0.2) is 41.0 Å². The van der Waals surface area contributed by atoms with Gasteiger partial charge in [-0.05, 0) is 88.9 Å². The fourth-order valence-corrected chi connectivity index (χ4v) is 4.81. The molecular formula is C19H14I2N2O5. The number of nitro benzene ring substituents is 1. The molecule has 1 aliphatic rings. The summed E-state index contributed by atoms with van der Waals surface area (Å²) in [4.78, 5) is 27.2. The van der Waals surface area contributed by atoms with Crippen molar-refractivity contribution in [3.8, 4) is 5.75 Å². The van der Waals surface area contributed by atoms with Crippen LogP contribution in [-0.2, 0) is 9.53 Å². The van der Waals surface area contributed by atoms with E-state index in [0.717, 1.165) is 18.5 Å². The van der Waals surface area contributed by atoms with Crippen molar-refractivity contribution in [2.75, 3.05) is 6.61 Å². The van der Waals surface area contributed by atoms with Crippen molar-refractivity contribution in [1.82, 2.24) is 0 Å². The molecule has 0 saturated carbocycles. The highest BCUT2D eigenvalue weighted by molar-refractivity contribution is 14.1. The number of nitrogens with zero attached hydrogens (tertiary/aromatic N) is 2. The van der Waals surface area contributed by atoms with E-state index in [4.69, 9.17) is 9.47 Å². The molecule has 0 fully saturated rings. The molecule has 7 nitrogen and oxygen atoms in total. The lowest BCUT2D eigenvalue weighted by atomic mass is 10.1. The number of carbonyl (C=O) groups is 1. The minimum atomic E-state index is -0.597. The average molecular weight is 604 g/mol. The number of nitro groups is 1. The van der Waals surface area contributed by atoms with Crippen LogP contribution in [0.4, 0.5) is 5.69 Å². The minimum absolute atomic E-state index is 0.0516. The summed E-state index contributed by atoms with van der Waals surface area (Å²) in [5, 5.41) is 11.1. The van der Waals surface area contributed by atoms with E-state index in [-0.39, 0.29) is 17.3 Å². The molecule has 0 saturated heterocycles. The molecule has 0 radical (unpaired) electrons. The van der Waals surface area contributed by atoms with Gasteiger partial charge in [-0.3, -0.25) is 10.1 Å². The van der Waals surface area contributed by atoms with Gasteiger partial charge in [-0.15, -0.1) is 0 Å². The Kier molecular flexibility index (Phi) is 6.33. The smallest absolute Gasteiger partial charge is 0.363 e. The van der Waals surface area contributed by atoms with Crippen molar-refractivity contribution in [3.63, 3.8) is 0 Å². The van der Waals surface area contributed by atoms with Gasteiger partial charge in [-0.2, -0.15) is 0 Å². The fraction of sp³-hybridized carbons (Fsp3) is 0.158. The Morgan fingerprint density at radius 2 is 1.96 bits per heavy atom. The molecule has 2 aromatic carbocycles. The first-order valence-corrected chi connectivity index (χ1v) is 10.4. The number of ether oxygens (including phenoxy) is 2. The lowest BCUT2D eigenvalue weighted by molar-refractivity contribution is -0.385. The highest BCUT2D eigenvalue weighted by Gasteiger charge is 2.27. The van der Waals surface area contributed by atoms with Crippen LogP contribution < -0.4 is 4.74 Å². The molecule has 0 aliphatic carbocycles. The number of benzene rings is 2. The first kappa shape index (κ1) is 20.7. The third kappa shape index (κ3) is 4.19. The molecule has 1 aliphatic heterocycles. The Morgan fingerprint density at radius 3 is 2.57 bits per heavy atom. The predicted molar refractivity (Wildman–Crippen MR) is 121 cm³/mol. The van der Waals surface area contributed by atoms with E-state index in [0.29, 0.717) is 17.7 Å². The van der Waals surface area contributed by atoms with Gasteiger partial charge in [0.25, 0.3) is 5.69 Å². The van der Waals surface area contributed by atoms with Gasteiger partial charge in [0.05, 0.1) is 18.7 Å². The van der Waals surface area contributed by atoms with Crippen LogP contribution in [0.1, 0.15) is 23.6 Å². The summed E-state index contributed by atoms with van der Waals surface area (Å²) in [5.74, 6) is 0.267. The first-order chi connectivity index (χ1) is 13.3. The number of esters is 1. The Bertz CT molecular complexity index is 1020. The largest absolute Gasteiger partial charge is 0.492 e. The van der Waals surface area contributed by atoms with Crippen molar-refractivity contribution in [1.29, 1.82) is 0 Å². The van der Waals surface area contributed by atoms with Gasteiger partial charge in [0.2, 0.25) is 5.90 Å². The molecule has 9 heteroatoms. The van der Waals surface area contributed by atoms with Crippen LogP contribution in [0.3, 0.4) is 0 Å². The van der Waals surface area contributed by atoms with Gasteiger partial charge >= 0.3 is 5.97 Å². The van der Waals surface area contributed by atoms with Crippen LogP contribution in [0, 0.1) is 24.2 Å². The molecule has 0 atom stereocenters. The molecule has 0 unspecified atom stereocenters. The van der Waals surface area contributed by atoms with E-state index in [1.807, 2.05) is 19.1 Å². The Labute approximate surface area is 188 Å². The topological polar surface area (TPSA) is 91.0 Å². The number of carbonyl (C=O) groups excluding carboxylic acids is 1. The fourth-order valence-electron chi connectivity index (χ4n) is 2.68. The molecule has 0 aromatic heterocycles. The lowest BCUT2D eigenvalue weighted by Crippen LogP contribution is -2.08. The molecule has 0 spiro atoms. The van der Waals surface area contributed by atoms with Crippen LogP contribution in [-0.4, -0.2) is 23.4 Å². The quantitative estimate of drug-likeness (QED) is 0.160. The zero-order chi connectivity index (χ0) is 20.4. The summed E-state index contributed by atoms with van der Waals surface area (Å²) >= 11 is 4.36. The maximum absolute atomic E-state index is 12.3. The number of cyclic esters (lactones) is 1. The van der Waals surface area contributed by atoms with Gasteiger partial charge in [-0.25, -0.2) is 9.79 Å². The highest BCUT2D eigenvalue weighted by Crippen LogP contribution is 2.31. The summed E-state index contributed by atoms with van der Waals surface area (Å²) in [6, 6.07) is 8.35. The normalized spacial score (nSPS) is 14.8. The van der Waals surface area contributed by atoms with E-state index >= 15 is 0 Å². The maximum atomic E-state index is 12.3. The monoisotopic (exact) mass is 604 g/mol. The minimum Gasteiger partial charge on any atom is -0.492 e. The standard InChI is InChI=1S/C19H14I2N2O5/c1-3-27-17-13(20)7-11(8-14(17)21)9-15-19(24)28-18(22-15)12-5-4-6-16(10(12)2)23(25)26/h4-9H,3H2,1-2H3/b15-9-. The van der Waals surface area contributed by atoms with Crippen molar-refractivity contribution in [2.24, 2.45) is 4.99 Å². The molecule has 0 N–H and O–H groups in total. The molecular weight excluding hydrogens is 590 g/mol. The predicted octanol–water partition coefficient (Wildman–Crippen LogP) is 4.86. The molecule has 0 bridgehead atoms. The zero-order valence-corrected chi connectivity index (χ0v) is 19.2. The second kappa shape index (κ2) is 8.55. The highest BCUT2D eigenvalue weighted by atomic mass is 127. The molecule has 2 aromatic rings. The van der Waals surface area contributed by atoms with Crippen molar-refractivity contribution in [2.45, 2.75) is 13.8 Å². The van der Waals surface area contributed by atoms with Crippen LogP contribution in [0.2, 0.25) is 0 Å². The van der Waals surface area contributed by atoms with Gasteiger partial charge in [0.1, 0.15) is 5.75 Å². The van der Waals surface area contributed by atoms with E-state index in [1.54, 1.807) is 19.1 Å². The van der Waals surface area contributed by atoms with Crippen molar-refractivity contribution >= 4 is 68.8 Å². The molecule has 1 heterocycles. The Balaban J connectivity index is 1.99.